The van der Waals surface area contributed by atoms with Gasteiger partial charge in [-0.15, -0.1) is 11.3 Å². The highest BCUT2D eigenvalue weighted by atomic mass is 32.1. The van der Waals surface area contributed by atoms with E-state index in [2.05, 4.69) is 24.1 Å². The van der Waals surface area contributed by atoms with Crippen LogP contribution in [0.3, 0.4) is 0 Å². The Bertz CT molecular complexity index is 498. The van der Waals surface area contributed by atoms with Gasteiger partial charge in [0.15, 0.2) is 0 Å². The number of hydrogen-bond donors (Lipinski definition) is 2. The highest BCUT2D eigenvalue weighted by molar-refractivity contribution is 7.10. The maximum Gasteiger partial charge on any atom is 0.252 e. The zero-order valence-electron chi connectivity index (χ0n) is 11.1. The van der Waals surface area contributed by atoms with Crippen molar-refractivity contribution in [3.8, 4) is 11.8 Å². The van der Waals surface area contributed by atoms with E-state index in [1.807, 2.05) is 11.4 Å². The van der Waals surface area contributed by atoms with Gasteiger partial charge in [0.2, 0.25) is 0 Å². The topological polar surface area (TPSA) is 49.3 Å². The Labute approximate surface area is 118 Å². The SMILES string of the molecule is CC1CCC(NC(=O)c2csc(C#CCCO)c2)C1. The maximum atomic E-state index is 12.1. The normalized spacial score (nSPS) is 21.8. The first-order valence-electron chi connectivity index (χ1n) is 6.68. The molecule has 2 N–H and O–H groups in total. The lowest BCUT2D eigenvalue weighted by atomic mass is 10.1. The molecule has 1 saturated carbocycles. The van der Waals surface area contributed by atoms with Crippen LogP contribution in [-0.2, 0) is 0 Å². The van der Waals surface area contributed by atoms with Gasteiger partial charge >= 0.3 is 0 Å². The molecule has 1 aliphatic carbocycles. The van der Waals surface area contributed by atoms with Gasteiger partial charge < -0.3 is 10.4 Å². The van der Waals surface area contributed by atoms with Crippen LogP contribution < -0.4 is 5.32 Å². The zero-order chi connectivity index (χ0) is 13.7. The monoisotopic (exact) mass is 277 g/mol. The molecule has 0 radical (unpaired) electrons. The van der Waals surface area contributed by atoms with Crippen molar-refractivity contribution in [3.05, 3.63) is 21.9 Å². The van der Waals surface area contributed by atoms with Gasteiger partial charge in [-0.25, -0.2) is 0 Å². The molecule has 2 atom stereocenters. The molecule has 1 heterocycles. The Kier molecular flexibility index (Phi) is 5.00. The zero-order valence-corrected chi connectivity index (χ0v) is 11.9. The molecule has 1 aliphatic rings. The van der Waals surface area contributed by atoms with Gasteiger partial charge in [-0.3, -0.25) is 4.79 Å². The van der Waals surface area contributed by atoms with Crippen molar-refractivity contribution in [2.45, 2.75) is 38.6 Å². The third-order valence-electron chi connectivity index (χ3n) is 3.34. The standard InChI is InChI=1S/C15H19NO2S/c1-11-5-6-13(8-11)16-15(18)12-9-14(19-10-12)4-2-3-7-17/h9-11,13,17H,3,5-8H2,1H3,(H,16,18). The fourth-order valence-corrected chi connectivity index (χ4v) is 3.09. The lowest BCUT2D eigenvalue weighted by Crippen LogP contribution is -2.32. The number of carbonyl (C=O) groups is 1. The maximum absolute atomic E-state index is 12.1. The van der Waals surface area contributed by atoms with E-state index in [4.69, 9.17) is 5.11 Å². The summed E-state index contributed by atoms with van der Waals surface area (Å²) in [4.78, 5) is 12.9. The smallest absolute Gasteiger partial charge is 0.252 e. The van der Waals surface area contributed by atoms with Crippen LogP contribution in [0.25, 0.3) is 0 Å². The highest BCUT2D eigenvalue weighted by Crippen LogP contribution is 2.25. The van der Waals surface area contributed by atoms with Gasteiger partial charge in [0.1, 0.15) is 0 Å². The number of hydrogen-bond acceptors (Lipinski definition) is 3. The van der Waals surface area contributed by atoms with E-state index >= 15 is 0 Å². The van der Waals surface area contributed by atoms with Gasteiger partial charge in [0.25, 0.3) is 5.91 Å². The summed E-state index contributed by atoms with van der Waals surface area (Å²) >= 11 is 1.47. The predicted octanol–water partition coefficient (Wildman–Crippen LogP) is 2.40. The van der Waals surface area contributed by atoms with E-state index in [1.165, 1.54) is 17.8 Å². The van der Waals surface area contributed by atoms with Crippen LogP contribution in [0, 0.1) is 17.8 Å². The molecule has 2 rings (SSSR count). The molecule has 1 aromatic rings. The number of aliphatic hydroxyl groups is 1. The summed E-state index contributed by atoms with van der Waals surface area (Å²) in [6.45, 7) is 2.30. The minimum atomic E-state index is 0.00515. The molecule has 0 bridgehead atoms. The van der Waals surface area contributed by atoms with Crippen LogP contribution in [0.4, 0.5) is 0 Å². The fraction of sp³-hybridized carbons (Fsp3) is 0.533. The Balaban J connectivity index is 1.91. The second-order valence-electron chi connectivity index (χ2n) is 5.06. The third-order valence-corrected chi connectivity index (χ3v) is 4.19. The number of nitrogens with one attached hydrogen (secondary N) is 1. The number of amides is 1. The molecule has 0 aliphatic heterocycles. The van der Waals surface area contributed by atoms with Crippen molar-refractivity contribution in [3.63, 3.8) is 0 Å². The van der Waals surface area contributed by atoms with Crippen LogP contribution in [-0.4, -0.2) is 23.7 Å². The Morgan fingerprint density at radius 1 is 1.58 bits per heavy atom. The summed E-state index contributed by atoms with van der Waals surface area (Å²) in [5.41, 5.74) is 0.692. The Morgan fingerprint density at radius 2 is 2.42 bits per heavy atom. The van der Waals surface area contributed by atoms with E-state index in [-0.39, 0.29) is 12.5 Å². The molecule has 3 nitrogen and oxygen atoms in total. The van der Waals surface area contributed by atoms with Gasteiger partial charge in [-0.05, 0) is 31.2 Å². The highest BCUT2D eigenvalue weighted by Gasteiger charge is 2.23. The largest absolute Gasteiger partial charge is 0.395 e. The van der Waals surface area contributed by atoms with Crippen LogP contribution in [0.1, 0.15) is 47.8 Å². The first kappa shape index (κ1) is 14.1. The fourth-order valence-electron chi connectivity index (χ4n) is 2.33. The Hall–Kier alpha value is -1.31. The molecule has 19 heavy (non-hydrogen) atoms. The van der Waals surface area contributed by atoms with Gasteiger partial charge in [-0.1, -0.05) is 18.8 Å². The minimum Gasteiger partial charge on any atom is -0.395 e. The first-order chi connectivity index (χ1) is 9.19. The van der Waals surface area contributed by atoms with E-state index in [0.717, 1.165) is 17.7 Å². The predicted molar refractivity (Wildman–Crippen MR) is 77.2 cm³/mol. The van der Waals surface area contributed by atoms with Crippen LogP contribution in [0.2, 0.25) is 0 Å². The second kappa shape index (κ2) is 6.74. The third kappa shape index (κ3) is 4.09. The minimum absolute atomic E-state index is 0.00515. The summed E-state index contributed by atoms with van der Waals surface area (Å²) < 4.78 is 0. The lowest BCUT2D eigenvalue weighted by Gasteiger charge is -2.11. The summed E-state index contributed by atoms with van der Waals surface area (Å²) in [7, 11) is 0. The molecular weight excluding hydrogens is 258 g/mol. The van der Waals surface area contributed by atoms with E-state index in [9.17, 15) is 4.79 Å². The van der Waals surface area contributed by atoms with Crippen molar-refractivity contribution in [1.82, 2.24) is 5.32 Å². The summed E-state index contributed by atoms with van der Waals surface area (Å²) in [6, 6.07) is 2.15. The quantitative estimate of drug-likeness (QED) is 0.834. The van der Waals surface area contributed by atoms with E-state index < -0.39 is 0 Å². The summed E-state index contributed by atoms with van der Waals surface area (Å²) in [6.07, 6.45) is 3.84. The average molecular weight is 277 g/mol. The van der Waals surface area contributed by atoms with Crippen LogP contribution in [0.5, 0.6) is 0 Å². The molecule has 1 amide bonds. The van der Waals surface area contributed by atoms with Crippen molar-refractivity contribution >= 4 is 17.2 Å². The van der Waals surface area contributed by atoms with Gasteiger partial charge in [0, 0.05) is 17.8 Å². The molecule has 0 aromatic carbocycles. The van der Waals surface area contributed by atoms with Crippen LogP contribution >= 0.6 is 11.3 Å². The van der Waals surface area contributed by atoms with Crippen molar-refractivity contribution < 1.29 is 9.90 Å². The molecule has 1 fully saturated rings. The van der Waals surface area contributed by atoms with Gasteiger partial charge in [-0.2, -0.15) is 0 Å². The molecule has 102 valence electrons. The molecule has 0 saturated heterocycles. The van der Waals surface area contributed by atoms with E-state index in [1.54, 1.807) is 0 Å². The van der Waals surface area contributed by atoms with Gasteiger partial charge in [0.05, 0.1) is 17.0 Å². The van der Waals surface area contributed by atoms with E-state index in [0.29, 0.717) is 23.9 Å². The van der Waals surface area contributed by atoms with Crippen LogP contribution in [0.15, 0.2) is 11.4 Å². The van der Waals surface area contributed by atoms with Crippen molar-refractivity contribution in [1.29, 1.82) is 0 Å². The van der Waals surface area contributed by atoms with Crippen molar-refractivity contribution in [2.75, 3.05) is 6.61 Å². The molecular formula is C15H19NO2S. The summed E-state index contributed by atoms with van der Waals surface area (Å²) in [5.74, 6) is 6.53. The number of carbonyl (C=O) groups excluding carboxylic acids is 1. The lowest BCUT2D eigenvalue weighted by molar-refractivity contribution is 0.0937. The number of thiophene rings is 1. The molecule has 1 aromatic heterocycles. The summed E-state index contributed by atoms with van der Waals surface area (Å²) in [5, 5.41) is 13.6. The van der Waals surface area contributed by atoms with Crippen molar-refractivity contribution in [2.24, 2.45) is 5.92 Å². The molecule has 2 unspecified atom stereocenters. The molecule has 4 heteroatoms. The Morgan fingerprint density at radius 3 is 3.11 bits per heavy atom. The first-order valence-corrected chi connectivity index (χ1v) is 7.56. The second-order valence-corrected chi connectivity index (χ2v) is 5.97. The molecule has 0 spiro atoms. The number of aliphatic hydroxyl groups excluding tert-OH is 1. The average Bonchev–Trinajstić information content (AvgIpc) is 2.99. The number of rotatable bonds is 3.